The van der Waals surface area contributed by atoms with Crippen molar-refractivity contribution in [2.75, 3.05) is 14.1 Å². The van der Waals surface area contributed by atoms with E-state index in [1.807, 2.05) is 44.8 Å². The summed E-state index contributed by atoms with van der Waals surface area (Å²) in [5, 5.41) is 6.34. The summed E-state index contributed by atoms with van der Waals surface area (Å²) in [4.78, 5) is 0. The van der Waals surface area contributed by atoms with Gasteiger partial charge in [-0.25, -0.2) is 0 Å². The van der Waals surface area contributed by atoms with E-state index >= 15 is 0 Å². The van der Waals surface area contributed by atoms with E-state index in [2.05, 4.69) is 30.8 Å². The number of hydrazone groups is 1. The van der Waals surface area contributed by atoms with E-state index < -0.39 is 0 Å². The topological polar surface area (TPSA) is 15.6 Å². The van der Waals surface area contributed by atoms with Crippen LogP contribution in [-0.4, -0.2) is 24.8 Å². The van der Waals surface area contributed by atoms with Gasteiger partial charge in [0.05, 0.1) is 5.71 Å². The molecule has 76 valence electrons. The fourth-order valence-electron chi connectivity index (χ4n) is 1.55. The maximum absolute atomic E-state index is 4.51. The van der Waals surface area contributed by atoms with Crippen molar-refractivity contribution in [2.45, 2.75) is 0 Å². The number of nitrogens with zero attached hydrogens (tertiary/aromatic N) is 2. The maximum Gasteiger partial charge on any atom is 0.0534 e. The highest BCUT2D eigenvalue weighted by atomic mass is 15.4. The third-order valence-electron chi connectivity index (χ3n) is 2.17. The van der Waals surface area contributed by atoms with Gasteiger partial charge in [0.15, 0.2) is 0 Å². The number of hydrogen-bond donors (Lipinski definition) is 0. The SMILES string of the molecule is CN(C)N=C([C]1[CH][CH][CH][CH]1)[C]1[CH][CH][CH][CH]1. The van der Waals surface area contributed by atoms with Crippen LogP contribution in [0.25, 0.3) is 0 Å². The Morgan fingerprint density at radius 1 is 0.867 bits per heavy atom. The Hall–Kier alpha value is -0.530. The molecule has 10 radical (unpaired) electrons. The van der Waals surface area contributed by atoms with Crippen LogP contribution in [0.4, 0.5) is 0 Å². The normalized spacial score (nSPS) is 23.3. The second-order valence-electron chi connectivity index (χ2n) is 3.64. The quantitative estimate of drug-likeness (QED) is 0.498. The van der Waals surface area contributed by atoms with Crippen molar-refractivity contribution in [3.8, 4) is 0 Å². The minimum Gasteiger partial charge on any atom is -0.303 e. The highest BCUT2D eigenvalue weighted by Gasteiger charge is 2.31. The molecule has 0 N–H and O–H groups in total. The molecule has 2 aliphatic rings. The molecule has 2 fully saturated rings. The molecule has 2 nitrogen and oxygen atoms in total. The molecule has 0 amide bonds. The molecule has 2 heteroatoms. The monoisotopic (exact) mass is 198 g/mol. The molecule has 2 aliphatic carbocycles. The fraction of sp³-hybridized carbons (Fsp3) is 0.154. The molecule has 0 aliphatic heterocycles. The van der Waals surface area contributed by atoms with Gasteiger partial charge in [0.25, 0.3) is 0 Å². The summed E-state index contributed by atoms with van der Waals surface area (Å²) in [6, 6.07) is 0. The van der Waals surface area contributed by atoms with Crippen molar-refractivity contribution in [1.82, 2.24) is 5.01 Å². The summed E-state index contributed by atoms with van der Waals surface area (Å²) in [5.74, 6) is 2.32. The van der Waals surface area contributed by atoms with E-state index in [1.165, 1.54) is 0 Å². The lowest BCUT2D eigenvalue weighted by atomic mass is 9.89. The molecular formula is C13H14N2. The lowest BCUT2D eigenvalue weighted by Crippen LogP contribution is -2.21. The van der Waals surface area contributed by atoms with Gasteiger partial charge < -0.3 is 5.01 Å². The Morgan fingerprint density at radius 3 is 1.60 bits per heavy atom. The van der Waals surface area contributed by atoms with Crippen LogP contribution in [0.5, 0.6) is 0 Å². The molecule has 0 atom stereocenters. The third-order valence-corrected chi connectivity index (χ3v) is 2.17. The van der Waals surface area contributed by atoms with Gasteiger partial charge >= 0.3 is 0 Å². The van der Waals surface area contributed by atoms with Crippen LogP contribution in [0.2, 0.25) is 0 Å². The number of rotatable bonds is 3. The molecule has 0 heterocycles. The lowest BCUT2D eigenvalue weighted by molar-refractivity contribution is 0.437. The summed E-state index contributed by atoms with van der Waals surface area (Å²) >= 11 is 0. The molecule has 0 saturated heterocycles. The van der Waals surface area contributed by atoms with E-state index in [4.69, 9.17) is 0 Å². The zero-order chi connectivity index (χ0) is 10.7. The summed E-state index contributed by atoms with van der Waals surface area (Å²) in [6.07, 6.45) is 16.4. The molecule has 0 aromatic carbocycles. The average molecular weight is 198 g/mol. The smallest absolute Gasteiger partial charge is 0.0534 e. The molecule has 0 aromatic heterocycles. The van der Waals surface area contributed by atoms with Crippen LogP contribution in [0, 0.1) is 63.2 Å². The van der Waals surface area contributed by atoms with Crippen molar-refractivity contribution < 1.29 is 0 Å². The summed E-state index contributed by atoms with van der Waals surface area (Å²) < 4.78 is 0. The molecule has 2 saturated carbocycles. The zero-order valence-electron chi connectivity index (χ0n) is 9.01. The largest absolute Gasteiger partial charge is 0.303 e. The van der Waals surface area contributed by atoms with Crippen LogP contribution in [-0.2, 0) is 0 Å². The van der Waals surface area contributed by atoms with Crippen LogP contribution in [0.15, 0.2) is 5.10 Å². The molecule has 0 bridgehead atoms. The highest BCUT2D eigenvalue weighted by Crippen LogP contribution is 2.34. The minimum absolute atomic E-state index is 1.02. The van der Waals surface area contributed by atoms with Gasteiger partial charge in [0.1, 0.15) is 0 Å². The van der Waals surface area contributed by atoms with Crippen molar-refractivity contribution in [1.29, 1.82) is 0 Å². The highest BCUT2D eigenvalue weighted by molar-refractivity contribution is 6.14. The first kappa shape index (κ1) is 11.0. The van der Waals surface area contributed by atoms with E-state index in [1.54, 1.807) is 0 Å². The van der Waals surface area contributed by atoms with Gasteiger partial charge in [-0.15, -0.1) is 0 Å². The van der Waals surface area contributed by atoms with E-state index in [9.17, 15) is 0 Å². The standard InChI is InChI=1S/C13H14N2/c1-15(2)14-13(11-7-3-4-8-11)12-9-5-6-10-12/h3-10H,1-2H3. The molecule has 2 rings (SSSR count). The summed E-state index contributed by atoms with van der Waals surface area (Å²) in [5.41, 5.74) is 1.02. The molecule has 0 unspecified atom stereocenters. The van der Waals surface area contributed by atoms with Crippen LogP contribution >= 0.6 is 0 Å². The third kappa shape index (κ3) is 2.73. The predicted molar refractivity (Wildman–Crippen MR) is 62.0 cm³/mol. The van der Waals surface area contributed by atoms with E-state index in [0.717, 1.165) is 17.5 Å². The first-order valence-corrected chi connectivity index (χ1v) is 4.97. The van der Waals surface area contributed by atoms with Crippen LogP contribution < -0.4 is 0 Å². The summed E-state index contributed by atoms with van der Waals surface area (Å²) in [6.45, 7) is 0. The first-order chi connectivity index (χ1) is 7.27. The van der Waals surface area contributed by atoms with E-state index in [0.29, 0.717) is 0 Å². The van der Waals surface area contributed by atoms with Crippen LogP contribution in [0.3, 0.4) is 0 Å². The molecular weight excluding hydrogens is 184 g/mol. The van der Waals surface area contributed by atoms with Crippen molar-refractivity contribution in [3.63, 3.8) is 0 Å². The average Bonchev–Trinajstić information content (AvgIpc) is 2.87. The van der Waals surface area contributed by atoms with Gasteiger partial charge in [0.2, 0.25) is 0 Å². The zero-order valence-corrected chi connectivity index (χ0v) is 9.01. The predicted octanol–water partition coefficient (Wildman–Crippen LogP) is 1.71. The summed E-state index contributed by atoms with van der Waals surface area (Å²) in [7, 11) is 3.87. The van der Waals surface area contributed by atoms with Gasteiger partial charge in [-0.05, 0) is 51.4 Å². The fourth-order valence-corrected chi connectivity index (χ4v) is 1.55. The minimum atomic E-state index is 1.02. The molecule has 0 spiro atoms. The first-order valence-electron chi connectivity index (χ1n) is 4.97. The Morgan fingerprint density at radius 2 is 1.27 bits per heavy atom. The van der Waals surface area contributed by atoms with Gasteiger partial charge in [-0.1, -0.05) is 0 Å². The van der Waals surface area contributed by atoms with E-state index in [-0.39, 0.29) is 0 Å². The number of hydrogen-bond acceptors (Lipinski definition) is 2. The van der Waals surface area contributed by atoms with Crippen molar-refractivity contribution in [2.24, 2.45) is 5.10 Å². The molecule has 15 heavy (non-hydrogen) atoms. The molecule has 0 aromatic rings. The second kappa shape index (κ2) is 5.00. The Balaban J connectivity index is 2.07. The second-order valence-corrected chi connectivity index (χ2v) is 3.64. The van der Waals surface area contributed by atoms with Gasteiger partial charge in [-0.2, -0.15) is 5.10 Å². The Kier molecular flexibility index (Phi) is 3.66. The van der Waals surface area contributed by atoms with Crippen molar-refractivity contribution in [3.05, 3.63) is 63.2 Å². The Bertz CT molecular complexity index is 203. The Labute approximate surface area is 93.7 Å². The van der Waals surface area contributed by atoms with Crippen molar-refractivity contribution >= 4 is 5.71 Å². The maximum atomic E-state index is 4.51. The lowest BCUT2D eigenvalue weighted by Gasteiger charge is -2.19. The van der Waals surface area contributed by atoms with Gasteiger partial charge in [-0.3, -0.25) is 0 Å². The van der Waals surface area contributed by atoms with Crippen LogP contribution in [0.1, 0.15) is 0 Å². The van der Waals surface area contributed by atoms with Gasteiger partial charge in [0, 0.05) is 25.9 Å².